The maximum Gasteiger partial charge on any atom is 0.375 e. The molecule has 0 amide bonds. The topological polar surface area (TPSA) is 9.23 Å². The first-order valence-electron chi connectivity index (χ1n) is 6.14. The lowest BCUT2D eigenvalue weighted by Crippen LogP contribution is -2.12. The average Bonchev–Trinajstić information content (AvgIpc) is 2.44. The van der Waals surface area contributed by atoms with E-state index in [1.54, 1.807) is 5.34 Å². The molecule has 0 heterocycles. The van der Waals surface area contributed by atoms with Crippen LogP contribution in [0.15, 0.2) is 48.5 Å². The number of hydrogen-bond donors (Lipinski definition) is 0. The highest BCUT2D eigenvalue weighted by molar-refractivity contribution is 14.1. The van der Waals surface area contributed by atoms with Crippen LogP contribution < -0.4 is 0 Å². The lowest BCUT2D eigenvalue weighted by Gasteiger charge is -2.21. The van der Waals surface area contributed by atoms with Crippen molar-refractivity contribution in [1.82, 2.24) is 0 Å². The van der Waals surface area contributed by atoms with E-state index in [2.05, 4.69) is 64.5 Å². The minimum atomic E-state index is 0.0313. The van der Waals surface area contributed by atoms with Crippen LogP contribution >= 0.6 is 22.4 Å². The summed E-state index contributed by atoms with van der Waals surface area (Å²) in [6, 6.07) is 16.5. The molecule has 1 unspecified atom stereocenters. The van der Waals surface area contributed by atoms with Gasteiger partial charge in [0.25, 0.3) is 0 Å². The molecular weight excluding hydrogens is 346 g/mol. The van der Waals surface area contributed by atoms with Crippen molar-refractivity contribution < 1.29 is 4.65 Å². The predicted octanol–water partition coefficient (Wildman–Crippen LogP) is 3.67. The van der Waals surface area contributed by atoms with E-state index < -0.39 is 0 Å². The maximum absolute atomic E-state index is 5.80. The van der Waals surface area contributed by atoms with Gasteiger partial charge in [-0.25, -0.2) is 0 Å². The van der Waals surface area contributed by atoms with Crippen LogP contribution in [0.4, 0.5) is 0 Å². The van der Waals surface area contributed by atoms with Crippen molar-refractivity contribution in [1.29, 1.82) is 0 Å². The van der Waals surface area contributed by atoms with Gasteiger partial charge in [0.15, 0.2) is 0 Å². The zero-order valence-corrected chi connectivity index (χ0v) is 12.4. The summed E-state index contributed by atoms with van der Waals surface area (Å²) in [5, 5.41) is 1.73. The highest BCUT2D eigenvalue weighted by Crippen LogP contribution is 2.28. The van der Waals surface area contributed by atoms with E-state index in [4.69, 9.17) is 4.65 Å². The van der Waals surface area contributed by atoms with Crippen LogP contribution in [-0.4, -0.2) is 5.34 Å². The van der Waals surface area contributed by atoms with Crippen LogP contribution in [0, 0.1) is 11.8 Å². The van der Waals surface area contributed by atoms with Crippen LogP contribution in [0.2, 0.25) is 0 Å². The summed E-state index contributed by atoms with van der Waals surface area (Å²) in [5.74, 6) is 6.53. The molecule has 0 saturated heterocycles. The van der Waals surface area contributed by atoms with Gasteiger partial charge >= 0.3 is 5.34 Å². The van der Waals surface area contributed by atoms with Crippen molar-refractivity contribution in [3.63, 3.8) is 0 Å². The first-order valence-corrected chi connectivity index (χ1v) is 7.39. The summed E-state index contributed by atoms with van der Waals surface area (Å²) in [6.07, 6.45) is 0.880. The molecule has 1 nitrogen and oxygen atoms in total. The predicted molar refractivity (Wildman–Crippen MR) is 86.2 cm³/mol. The molecular formula is C16H11BIO. The molecule has 0 aromatic heterocycles. The normalized spacial score (nSPS) is 16.2. The fourth-order valence-electron chi connectivity index (χ4n) is 2.34. The van der Waals surface area contributed by atoms with Gasteiger partial charge in [-0.3, -0.25) is 0 Å². The molecule has 19 heavy (non-hydrogen) atoms. The second kappa shape index (κ2) is 5.81. The van der Waals surface area contributed by atoms with E-state index in [0.717, 1.165) is 23.1 Å². The van der Waals surface area contributed by atoms with Gasteiger partial charge in [-0.05, 0) is 23.3 Å². The zero-order valence-electron chi connectivity index (χ0n) is 10.3. The molecule has 0 bridgehead atoms. The lowest BCUT2D eigenvalue weighted by molar-refractivity contribution is 0.225. The number of rotatable bonds is 2. The van der Waals surface area contributed by atoms with Gasteiger partial charge in [0.2, 0.25) is 0 Å². The second-order valence-corrected chi connectivity index (χ2v) is 4.92. The highest BCUT2D eigenvalue weighted by atomic mass is 127. The Morgan fingerprint density at radius 1 is 1.00 bits per heavy atom. The third kappa shape index (κ3) is 2.70. The summed E-state index contributed by atoms with van der Waals surface area (Å²) in [4.78, 5) is 0. The van der Waals surface area contributed by atoms with Crippen molar-refractivity contribution in [3.8, 4) is 11.8 Å². The fourth-order valence-corrected chi connectivity index (χ4v) is 2.69. The smallest absolute Gasteiger partial charge is 0.375 e. The minimum absolute atomic E-state index is 0.0313. The molecule has 0 spiro atoms. The molecule has 3 heteroatoms. The van der Waals surface area contributed by atoms with Gasteiger partial charge in [0.1, 0.15) is 0 Å². The van der Waals surface area contributed by atoms with Crippen molar-refractivity contribution in [2.75, 3.05) is 0 Å². The summed E-state index contributed by atoms with van der Waals surface area (Å²) in [5.41, 5.74) is 4.56. The maximum atomic E-state index is 5.80. The van der Waals surface area contributed by atoms with Gasteiger partial charge < -0.3 is 4.65 Å². The second-order valence-electron chi connectivity index (χ2n) is 4.41. The van der Waals surface area contributed by atoms with E-state index in [1.807, 2.05) is 18.2 Å². The van der Waals surface area contributed by atoms with Crippen molar-refractivity contribution in [3.05, 3.63) is 70.8 Å². The van der Waals surface area contributed by atoms with Crippen molar-refractivity contribution in [2.45, 2.75) is 12.5 Å². The molecule has 3 rings (SSSR count). The number of benzene rings is 2. The Bertz CT molecular complexity index is 657. The molecule has 1 aliphatic carbocycles. The Morgan fingerprint density at radius 2 is 1.68 bits per heavy atom. The third-order valence-electron chi connectivity index (χ3n) is 3.28. The van der Waals surface area contributed by atoms with Crippen molar-refractivity contribution >= 4 is 27.7 Å². The summed E-state index contributed by atoms with van der Waals surface area (Å²) in [7, 11) is 0. The Kier molecular flexibility index (Phi) is 3.91. The molecule has 2 aromatic rings. The van der Waals surface area contributed by atoms with E-state index in [9.17, 15) is 0 Å². The van der Waals surface area contributed by atoms with E-state index >= 15 is 0 Å². The quantitative estimate of drug-likeness (QED) is 0.453. The molecule has 1 radical (unpaired) electrons. The van der Waals surface area contributed by atoms with Gasteiger partial charge in [0.05, 0.1) is 6.10 Å². The summed E-state index contributed by atoms with van der Waals surface area (Å²) >= 11 is 2.13. The summed E-state index contributed by atoms with van der Waals surface area (Å²) < 4.78 is 5.80. The van der Waals surface area contributed by atoms with Crippen molar-refractivity contribution in [2.24, 2.45) is 0 Å². The van der Waals surface area contributed by atoms with E-state index in [0.29, 0.717) is 0 Å². The van der Waals surface area contributed by atoms with Crippen LogP contribution in [0.5, 0.6) is 0 Å². The fraction of sp³-hybridized carbons (Fsp3) is 0.125. The van der Waals surface area contributed by atoms with Crippen LogP contribution in [0.1, 0.15) is 28.4 Å². The Morgan fingerprint density at radius 3 is 2.53 bits per heavy atom. The molecule has 1 aliphatic rings. The standard InChI is InChI=1S/C16H11BIO/c18-17-19-16-11-14-7-2-1-5-12(14)9-10-13-6-3-4-8-15(13)16/h1-8,16H,11H2. The highest BCUT2D eigenvalue weighted by Gasteiger charge is 2.18. The Labute approximate surface area is 127 Å². The Balaban J connectivity index is 2.14. The van der Waals surface area contributed by atoms with Gasteiger partial charge in [-0.2, -0.15) is 0 Å². The SMILES string of the molecule is I[B]OC1Cc2ccccc2C#Cc2ccccc21. The van der Waals surface area contributed by atoms with Gasteiger partial charge in [-0.15, -0.1) is 22.4 Å². The molecule has 0 aliphatic heterocycles. The molecule has 1 atom stereocenters. The number of hydrogen-bond acceptors (Lipinski definition) is 1. The van der Waals surface area contributed by atoms with Crippen LogP contribution in [0.25, 0.3) is 0 Å². The molecule has 0 fully saturated rings. The average molecular weight is 357 g/mol. The monoisotopic (exact) mass is 357 g/mol. The molecule has 2 aromatic carbocycles. The minimum Gasteiger partial charge on any atom is -0.422 e. The molecule has 91 valence electrons. The van der Waals surface area contributed by atoms with E-state index in [1.165, 1.54) is 5.56 Å². The largest absolute Gasteiger partial charge is 0.422 e. The van der Waals surface area contributed by atoms with Crippen LogP contribution in [-0.2, 0) is 11.1 Å². The van der Waals surface area contributed by atoms with Gasteiger partial charge in [0, 0.05) is 17.5 Å². The lowest BCUT2D eigenvalue weighted by atomic mass is 9.92. The van der Waals surface area contributed by atoms with Crippen LogP contribution in [0.3, 0.4) is 0 Å². The Hall–Kier alpha value is -1.25. The number of halogens is 1. The van der Waals surface area contributed by atoms with Gasteiger partial charge in [-0.1, -0.05) is 48.2 Å². The number of fused-ring (bicyclic) bond motifs is 2. The third-order valence-corrected chi connectivity index (χ3v) is 3.57. The first kappa shape index (κ1) is 12.8. The zero-order chi connectivity index (χ0) is 13.1. The molecule has 0 saturated carbocycles. The first-order chi connectivity index (χ1) is 9.38. The summed E-state index contributed by atoms with van der Waals surface area (Å²) in [6.45, 7) is 0. The molecule has 0 N–H and O–H groups in total. The van der Waals surface area contributed by atoms with E-state index in [-0.39, 0.29) is 6.10 Å².